The van der Waals surface area contributed by atoms with Gasteiger partial charge in [0.15, 0.2) is 0 Å². The van der Waals surface area contributed by atoms with Crippen molar-refractivity contribution in [2.24, 2.45) is 11.8 Å². The number of aromatic nitrogens is 1. The molecule has 0 radical (unpaired) electrons. The van der Waals surface area contributed by atoms with Crippen molar-refractivity contribution in [3.05, 3.63) is 35.4 Å². The zero-order valence-electron chi connectivity index (χ0n) is 14.4. The van der Waals surface area contributed by atoms with Gasteiger partial charge in [-0.2, -0.15) is 0 Å². The smallest absolute Gasteiger partial charge is 0.233 e. The predicted octanol–water partition coefficient (Wildman–Crippen LogP) is 2.88. The normalized spacial score (nSPS) is 22.1. The summed E-state index contributed by atoms with van der Waals surface area (Å²) in [5.41, 5.74) is 1.61. The Hall–Kier alpha value is -2.54. The second kappa shape index (κ2) is 6.64. The molecule has 2 aliphatic rings. The molecule has 2 atom stereocenters. The zero-order chi connectivity index (χ0) is 18.3. The Bertz CT molecular complexity index is 907. The van der Waals surface area contributed by atoms with Crippen LogP contribution in [0.25, 0.3) is 10.2 Å². The third kappa shape index (κ3) is 3.03. The fourth-order valence-electron chi connectivity index (χ4n) is 3.64. The lowest BCUT2D eigenvalue weighted by Crippen LogP contribution is -2.34. The molecule has 3 amide bonds. The van der Waals surface area contributed by atoms with Crippen molar-refractivity contribution in [2.75, 3.05) is 11.9 Å². The molecule has 2 aromatic rings. The van der Waals surface area contributed by atoms with Gasteiger partial charge in [-0.3, -0.25) is 19.3 Å². The first kappa shape index (κ1) is 16.9. The first-order chi connectivity index (χ1) is 12.5. The highest BCUT2D eigenvalue weighted by atomic mass is 32.1. The number of nitrogens with one attached hydrogen (secondary N) is 1. The van der Waals surface area contributed by atoms with Crippen LogP contribution >= 0.6 is 11.3 Å². The third-order valence-corrected chi connectivity index (χ3v) is 5.87. The molecule has 1 saturated heterocycles. The SMILES string of the molecule is Cc1nc2ccc(NC(=O)CCN3C(=O)[C@H]4CC=CC[C@H]4C3=O)cc2s1. The van der Waals surface area contributed by atoms with Crippen LogP contribution in [0.5, 0.6) is 0 Å². The molecule has 2 heterocycles. The maximum atomic E-state index is 12.4. The molecule has 4 rings (SSSR count). The highest BCUT2D eigenvalue weighted by molar-refractivity contribution is 7.18. The number of fused-ring (bicyclic) bond motifs is 2. The summed E-state index contributed by atoms with van der Waals surface area (Å²) < 4.78 is 1.02. The van der Waals surface area contributed by atoms with Crippen molar-refractivity contribution in [2.45, 2.75) is 26.2 Å². The molecular formula is C19H19N3O3S. The fourth-order valence-corrected chi connectivity index (χ4v) is 4.51. The Balaban J connectivity index is 1.37. The quantitative estimate of drug-likeness (QED) is 0.664. The Morgan fingerprint density at radius 2 is 1.92 bits per heavy atom. The van der Waals surface area contributed by atoms with Crippen molar-refractivity contribution in [1.29, 1.82) is 0 Å². The molecule has 7 heteroatoms. The van der Waals surface area contributed by atoms with E-state index in [1.165, 1.54) is 4.90 Å². The number of carbonyl (C=O) groups is 3. The Labute approximate surface area is 154 Å². The standard InChI is InChI=1S/C19H19N3O3S/c1-11-20-15-7-6-12(10-16(15)26-11)21-17(23)8-9-22-18(24)13-4-2-3-5-14(13)19(22)25/h2-3,6-7,10,13-14H,4-5,8-9H2,1H3,(H,21,23)/t13-,14+. The van der Waals surface area contributed by atoms with Crippen LogP contribution in [0, 0.1) is 18.8 Å². The van der Waals surface area contributed by atoms with Crippen LogP contribution in [0.4, 0.5) is 5.69 Å². The van der Waals surface area contributed by atoms with Crippen molar-refractivity contribution >= 4 is 45.0 Å². The summed E-state index contributed by atoms with van der Waals surface area (Å²) in [5, 5.41) is 3.82. The molecule has 134 valence electrons. The lowest BCUT2D eigenvalue weighted by atomic mass is 9.85. The van der Waals surface area contributed by atoms with E-state index in [1.54, 1.807) is 11.3 Å². The van der Waals surface area contributed by atoms with E-state index in [0.717, 1.165) is 15.2 Å². The van der Waals surface area contributed by atoms with E-state index in [1.807, 2.05) is 37.3 Å². The number of amides is 3. The van der Waals surface area contributed by atoms with Gasteiger partial charge in [0, 0.05) is 18.7 Å². The zero-order valence-corrected chi connectivity index (χ0v) is 15.2. The van der Waals surface area contributed by atoms with Gasteiger partial charge in [0.1, 0.15) is 0 Å². The van der Waals surface area contributed by atoms with Gasteiger partial charge >= 0.3 is 0 Å². The summed E-state index contributed by atoms with van der Waals surface area (Å²) in [7, 11) is 0. The van der Waals surface area contributed by atoms with E-state index < -0.39 is 0 Å². The van der Waals surface area contributed by atoms with E-state index in [2.05, 4.69) is 10.3 Å². The van der Waals surface area contributed by atoms with Crippen LogP contribution in [0.1, 0.15) is 24.3 Å². The number of imide groups is 1. The Morgan fingerprint density at radius 3 is 2.62 bits per heavy atom. The number of hydrogen-bond donors (Lipinski definition) is 1. The van der Waals surface area contributed by atoms with E-state index in [0.29, 0.717) is 18.5 Å². The van der Waals surface area contributed by atoms with Gasteiger partial charge in [-0.1, -0.05) is 12.2 Å². The number of nitrogens with zero attached hydrogens (tertiary/aromatic N) is 2. The van der Waals surface area contributed by atoms with Crippen LogP contribution in [0.3, 0.4) is 0 Å². The van der Waals surface area contributed by atoms with Gasteiger partial charge in [0.2, 0.25) is 17.7 Å². The number of thiazole rings is 1. The van der Waals surface area contributed by atoms with Crippen LogP contribution in [0.2, 0.25) is 0 Å². The molecule has 1 N–H and O–H groups in total. The van der Waals surface area contributed by atoms with E-state index in [9.17, 15) is 14.4 Å². The topological polar surface area (TPSA) is 79.4 Å². The van der Waals surface area contributed by atoms with Crippen LogP contribution in [-0.4, -0.2) is 34.2 Å². The number of rotatable bonds is 4. The summed E-state index contributed by atoms with van der Waals surface area (Å²) in [4.78, 5) is 42.7. The van der Waals surface area contributed by atoms with E-state index >= 15 is 0 Å². The van der Waals surface area contributed by atoms with Gasteiger partial charge in [-0.15, -0.1) is 11.3 Å². The molecule has 26 heavy (non-hydrogen) atoms. The highest BCUT2D eigenvalue weighted by Crippen LogP contribution is 2.35. The molecule has 6 nitrogen and oxygen atoms in total. The molecule has 1 aromatic heterocycles. The van der Waals surface area contributed by atoms with Gasteiger partial charge in [0.05, 0.1) is 27.1 Å². The number of aryl methyl sites for hydroxylation is 1. The summed E-state index contributed by atoms with van der Waals surface area (Å²) in [6.45, 7) is 2.08. The van der Waals surface area contributed by atoms with Gasteiger partial charge < -0.3 is 5.32 Å². The lowest BCUT2D eigenvalue weighted by Gasteiger charge is -2.14. The summed E-state index contributed by atoms with van der Waals surface area (Å²) >= 11 is 1.57. The number of carbonyl (C=O) groups excluding carboxylic acids is 3. The minimum atomic E-state index is -0.243. The molecule has 0 unspecified atom stereocenters. The predicted molar refractivity (Wildman–Crippen MR) is 99.7 cm³/mol. The third-order valence-electron chi connectivity index (χ3n) is 4.94. The molecular weight excluding hydrogens is 350 g/mol. The van der Waals surface area contributed by atoms with Crippen LogP contribution < -0.4 is 5.32 Å². The van der Waals surface area contributed by atoms with Crippen molar-refractivity contribution in [3.8, 4) is 0 Å². The largest absolute Gasteiger partial charge is 0.326 e. The van der Waals surface area contributed by atoms with Crippen molar-refractivity contribution < 1.29 is 14.4 Å². The Kier molecular flexibility index (Phi) is 4.32. The lowest BCUT2D eigenvalue weighted by molar-refractivity contribution is -0.140. The van der Waals surface area contributed by atoms with E-state index in [4.69, 9.17) is 0 Å². The molecule has 0 spiro atoms. The van der Waals surface area contributed by atoms with Gasteiger partial charge in [-0.25, -0.2) is 4.98 Å². The summed E-state index contributed by atoms with van der Waals surface area (Å²) in [5.74, 6) is -0.975. The van der Waals surface area contributed by atoms with Crippen molar-refractivity contribution in [3.63, 3.8) is 0 Å². The number of hydrogen-bond acceptors (Lipinski definition) is 5. The first-order valence-corrected chi connectivity index (χ1v) is 9.52. The average Bonchev–Trinajstić information content (AvgIpc) is 3.11. The fraction of sp³-hybridized carbons (Fsp3) is 0.368. The molecule has 1 aliphatic carbocycles. The maximum Gasteiger partial charge on any atom is 0.233 e. The van der Waals surface area contributed by atoms with Gasteiger partial charge in [0.25, 0.3) is 0 Å². The molecule has 1 aliphatic heterocycles. The second-order valence-electron chi connectivity index (χ2n) is 6.70. The number of anilines is 1. The molecule has 0 bridgehead atoms. The van der Waals surface area contributed by atoms with Gasteiger partial charge in [-0.05, 0) is 38.0 Å². The minimum Gasteiger partial charge on any atom is -0.326 e. The van der Waals surface area contributed by atoms with Crippen molar-refractivity contribution in [1.82, 2.24) is 9.88 Å². The molecule has 1 aromatic carbocycles. The monoisotopic (exact) mass is 369 g/mol. The first-order valence-electron chi connectivity index (χ1n) is 8.70. The molecule has 0 saturated carbocycles. The highest BCUT2D eigenvalue weighted by Gasteiger charge is 2.46. The Morgan fingerprint density at radius 1 is 1.23 bits per heavy atom. The van der Waals surface area contributed by atoms with E-state index in [-0.39, 0.29) is 42.5 Å². The van der Waals surface area contributed by atoms with Crippen LogP contribution in [0.15, 0.2) is 30.4 Å². The van der Waals surface area contributed by atoms with Crippen LogP contribution in [-0.2, 0) is 14.4 Å². The number of allylic oxidation sites excluding steroid dienone is 2. The maximum absolute atomic E-state index is 12.4. The molecule has 1 fully saturated rings. The second-order valence-corrected chi connectivity index (χ2v) is 7.93. The number of likely N-dealkylation sites (tertiary alicyclic amines) is 1. The average molecular weight is 369 g/mol. The summed E-state index contributed by atoms with van der Waals surface area (Å²) in [6.07, 6.45) is 5.25. The summed E-state index contributed by atoms with van der Waals surface area (Å²) in [6, 6.07) is 5.58. The minimum absolute atomic E-state index is 0.101. The number of benzene rings is 1.